The Bertz CT molecular complexity index is 1390. The molecule has 182 valence electrons. The molecule has 0 bridgehead atoms. The third-order valence-corrected chi connectivity index (χ3v) is 7.51. The summed E-state index contributed by atoms with van der Waals surface area (Å²) in [5.74, 6) is 0.938. The van der Waals surface area contributed by atoms with Crippen molar-refractivity contribution in [1.29, 1.82) is 0 Å². The molecule has 6 heteroatoms. The fraction of sp³-hybridized carbons (Fsp3) is 0.414. The van der Waals surface area contributed by atoms with E-state index in [-0.39, 0.29) is 5.56 Å². The number of pyridine rings is 1. The highest BCUT2D eigenvalue weighted by molar-refractivity contribution is 5.92. The quantitative estimate of drug-likeness (QED) is 0.407. The zero-order chi connectivity index (χ0) is 24.7. The SMILES string of the molecule is CC(C)c1c(-c2cc(-c3cncnc3)c(=O)n(C)c2)[nH]c2ccc(C3CCN(C(C)C)CC3)cc12. The Morgan fingerprint density at radius 1 is 1.00 bits per heavy atom. The van der Waals surface area contributed by atoms with Gasteiger partial charge >= 0.3 is 0 Å². The highest BCUT2D eigenvalue weighted by atomic mass is 16.1. The summed E-state index contributed by atoms with van der Waals surface area (Å²) in [4.78, 5) is 27.4. The van der Waals surface area contributed by atoms with E-state index < -0.39 is 0 Å². The Labute approximate surface area is 207 Å². The summed E-state index contributed by atoms with van der Waals surface area (Å²) in [5, 5.41) is 1.29. The van der Waals surface area contributed by atoms with Gasteiger partial charge in [-0.2, -0.15) is 0 Å². The number of nitrogens with zero attached hydrogens (tertiary/aromatic N) is 4. The molecule has 0 saturated carbocycles. The van der Waals surface area contributed by atoms with Crippen molar-refractivity contribution in [2.75, 3.05) is 13.1 Å². The van der Waals surface area contributed by atoms with Gasteiger partial charge < -0.3 is 14.5 Å². The van der Waals surface area contributed by atoms with Crippen molar-refractivity contribution >= 4 is 10.9 Å². The maximum Gasteiger partial charge on any atom is 0.258 e. The van der Waals surface area contributed by atoms with Gasteiger partial charge in [0.05, 0.1) is 11.3 Å². The van der Waals surface area contributed by atoms with Gasteiger partial charge in [-0.3, -0.25) is 4.79 Å². The molecule has 3 aromatic heterocycles. The molecule has 0 spiro atoms. The lowest BCUT2D eigenvalue weighted by molar-refractivity contribution is 0.172. The monoisotopic (exact) mass is 469 g/mol. The maximum atomic E-state index is 12.9. The van der Waals surface area contributed by atoms with Crippen LogP contribution in [0.1, 0.15) is 63.5 Å². The van der Waals surface area contributed by atoms with Gasteiger partial charge in [0.2, 0.25) is 0 Å². The predicted molar refractivity (Wildman–Crippen MR) is 143 cm³/mol. The van der Waals surface area contributed by atoms with E-state index in [0.717, 1.165) is 22.3 Å². The third-order valence-electron chi connectivity index (χ3n) is 7.51. The Balaban J connectivity index is 1.59. The number of H-pyrrole nitrogens is 1. The van der Waals surface area contributed by atoms with Crippen molar-refractivity contribution < 1.29 is 0 Å². The summed E-state index contributed by atoms with van der Waals surface area (Å²) in [6.07, 6.45) is 9.21. The number of aromatic nitrogens is 4. The van der Waals surface area contributed by atoms with E-state index in [4.69, 9.17) is 0 Å². The Hall–Kier alpha value is -3.25. The van der Waals surface area contributed by atoms with E-state index in [2.05, 4.69) is 65.7 Å². The van der Waals surface area contributed by atoms with Crippen LogP contribution in [0.25, 0.3) is 33.3 Å². The third kappa shape index (κ3) is 4.43. The smallest absolute Gasteiger partial charge is 0.258 e. The fourth-order valence-electron chi connectivity index (χ4n) is 5.55. The second-order valence-corrected chi connectivity index (χ2v) is 10.5. The van der Waals surface area contributed by atoms with Gasteiger partial charge in [-0.25, -0.2) is 9.97 Å². The van der Waals surface area contributed by atoms with Gasteiger partial charge in [0, 0.05) is 53.7 Å². The molecular formula is C29H35N5O. The van der Waals surface area contributed by atoms with E-state index >= 15 is 0 Å². The van der Waals surface area contributed by atoms with Gasteiger partial charge in [-0.15, -0.1) is 0 Å². The summed E-state index contributed by atoms with van der Waals surface area (Å²) in [6, 6.07) is 9.54. The molecule has 0 unspecified atom stereocenters. The zero-order valence-corrected chi connectivity index (χ0v) is 21.4. The molecule has 35 heavy (non-hydrogen) atoms. The van der Waals surface area contributed by atoms with Crippen molar-refractivity contribution in [2.24, 2.45) is 7.05 Å². The number of aryl methyl sites for hydroxylation is 1. The van der Waals surface area contributed by atoms with Crippen molar-refractivity contribution in [3.05, 3.63) is 70.7 Å². The molecule has 1 fully saturated rings. The van der Waals surface area contributed by atoms with Crippen LogP contribution >= 0.6 is 0 Å². The van der Waals surface area contributed by atoms with Gasteiger partial charge in [-0.1, -0.05) is 19.9 Å². The largest absolute Gasteiger partial charge is 0.354 e. The number of benzene rings is 1. The van der Waals surface area contributed by atoms with Crippen LogP contribution in [0.3, 0.4) is 0 Å². The summed E-state index contributed by atoms with van der Waals surface area (Å²) in [6.45, 7) is 11.4. The molecule has 5 rings (SSSR count). The van der Waals surface area contributed by atoms with E-state index in [9.17, 15) is 4.79 Å². The standard InChI is InChI=1S/C29H35N5O/c1-18(2)27-25-12-21(20-8-10-34(11-9-20)19(3)4)6-7-26(25)32-28(27)22-13-24(29(35)33(5)16-22)23-14-30-17-31-15-23/h6-7,12-20,32H,8-11H2,1-5H3. The summed E-state index contributed by atoms with van der Waals surface area (Å²) >= 11 is 0. The van der Waals surface area contributed by atoms with E-state index in [0.29, 0.717) is 23.4 Å². The Morgan fingerprint density at radius 2 is 1.71 bits per heavy atom. The van der Waals surface area contributed by atoms with Crippen LogP contribution in [-0.2, 0) is 7.05 Å². The predicted octanol–water partition coefficient (Wildman–Crippen LogP) is 5.70. The first-order chi connectivity index (χ1) is 16.8. The van der Waals surface area contributed by atoms with E-state index in [1.54, 1.807) is 24.0 Å². The normalized spacial score (nSPS) is 15.5. The number of hydrogen-bond acceptors (Lipinski definition) is 4. The van der Waals surface area contributed by atoms with Crippen LogP contribution in [0, 0.1) is 0 Å². The molecule has 1 N–H and O–H groups in total. The molecule has 1 aromatic carbocycles. The molecule has 4 heterocycles. The number of rotatable bonds is 5. The number of fused-ring (bicyclic) bond motifs is 1. The van der Waals surface area contributed by atoms with Gasteiger partial charge in [-0.05, 0) is 80.9 Å². The highest BCUT2D eigenvalue weighted by Gasteiger charge is 2.24. The van der Waals surface area contributed by atoms with Crippen LogP contribution in [0.5, 0.6) is 0 Å². The van der Waals surface area contributed by atoms with Gasteiger partial charge in [0.25, 0.3) is 5.56 Å². The molecule has 4 aromatic rings. The van der Waals surface area contributed by atoms with Gasteiger partial charge in [0.1, 0.15) is 6.33 Å². The van der Waals surface area contributed by atoms with Crippen molar-refractivity contribution in [2.45, 2.75) is 58.4 Å². The minimum absolute atomic E-state index is 0.0548. The molecule has 0 aliphatic carbocycles. The maximum absolute atomic E-state index is 12.9. The first-order valence-electron chi connectivity index (χ1n) is 12.7. The van der Waals surface area contributed by atoms with Crippen LogP contribution in [0.4, 0.5) is 0 Å². The van der Waals surface area contributed by atoms with Gasteiger partial charge in [0.15, 0.2) is 0 Å². The second kappa shape index (κ2) is 9.42. The molecular weight excluding hydrogens is 434 g/mol. The number of nitrogens with one attached hydrogen (secondary N) is 1. The fourth-order valence-corrected chi connectivity index (χ4v) is 5.55. The van der Waals surface area contributed by atoms with Crippen LogP contribution in [0.15, 0.2) is 54.0 Å². The molecule has 6 nitrogen and oxygen atoms in total. The minimum atomic E-state index is -0.0548. The van der Waals surface area contributed by atoms with Crippen LogP contribution < -0.4 is 5.56 Å². The summed E-state index contributed by atoms with van der Waals surface area (Å²) in [7, 11) is 1.80. The number of likely N-dealkylation sites (tertiary alicyclic amines) is 1. The molecule has 1 aliphatic heterocycles. The Kier molecular flexibility index (Phi) is 6.32. The molecule has 1 aliphatic rings. The minimum Gasteiger partial charge on any atom is -0.354 e. The van der Waals surface area contributed by atoms with Crippen LogP contribution in [0.2, 0.25) is 0 Å². The number of piperidine rings is 1. The van der Waals surface area contributed by atoms with Crippen molar-refractivity contribution in [1.82, 2.24) is 24.4 Å². The average molecular weight is 470 g/mol. The van der Waals surface area contributed by atoms with Crippen molar-refractivity contribution in [3.8, 4) is 22.4 Å². The number of aromatic amines is 1. The summed E-state index contributed by atoms with van der Waals surface area (Å²) < 4.78 is 1.65. The highest BCUT2D eigenvalue weighted by Crippen LogP contribution is 2.38. The van der Waals surface area contributed by atoms with E-state index in [1.807, 2.05) is 12.3 Å². The number of hydrogen-bond donors (Lipinski definition) is 1. The van der Waals surface area contributed by atoms with E-state index in [1.165, 1.54) is 48.8 Å². The molecule has 0 atom stereocenters. The average Bonchev–Trinajstić information content (AvgIpc) is 3.25. The first kappa shape index (κ1) is 23.5. The second-order valence-electron chi connectivity index (χ2n) is 10.5. The zero-order valence-electron chi connectivity index (χ0n) is 21.4. The molecule has 0 radical (unpaired) electrons. The molecule has 1 saturated heterocycles. The topological polar surface area (TPSA) is 66.8 Å². The lowest BCUT2D eigenvalue weighted by atomic mass is 9.87. The molecule has 0 amide bonds. The van der Waals surface area contributed by atoms with Crippen LogP contribution in [-0.4, -0.2) is 43.6 Å². The first-order valence-corrected chi connectivity index (χ1v) is 12.7. The lowest BCUT2D eigenvalue weighted by Crippen LogP contribution is -2.37. The summed E-state index contributed by atoms with van der Waals surface area (Å²) in [5.41, 5.74) is 7.24. The Morgan fingerprint density at radius 3 is 2.37 bits per heavy atom. The van der Waals surface area contributed by atoms with Crippen molar-refractivity contribution in [3.63, 3.8) is 0 Å². The lowest BCUT2D eigenvalue weighted by Gasteiger charge is -2.34.